The minimum Gasteiger partial charge on any atom is -0.205 e. The molecule has 2 aliphatic rings. The lowest BCUT2D eigenvalue weighted by Crippen LogP contribution is -2.13. The van der Waals surface area contributed by atoms with E-state index in [0.717, 1.165) is 31.6 Å². The van der Waals surface area contributed by atoms with Crippen LogP contribution in [0.2, 0.25) is 0 Å². The summed E-state index contributed by atoms with van der Waals surface area (Å²) in [5, 5.41) is 8.80. The highest BCUT2D eigenvalue weighted by molar-refractivity contribution is 5.36. The number of hydrogen-bond acceptors (Lipinski definition) is 1. The molecule has 3 heteroatoms. The Bertz CT molecular complexity index is 784. The molecule has 0 N–H and O–H groups in total. The van der Waals surface area contributed by atoms with Gasteiger partial charge in [-0.25, -0.2) is 8.78 Å². The van der Waals surface area contributed by atoms with E-state index in [1.165, 1.54) is 50.7 Å². The molecule has 1 aromatic rings. The lowest BCUT2D eigenvalue weighted by atomic mass is 9.78. The predicted octanol–water partition coefficient (Wildman–Crippen LogP) is 7.28. The van der Waals surface area contributed by atoms with E-state index in [4.69, 9.17) is 5.26 Å². The first-order valence-corrected chi connectivity index (χ1v) is 11.2. The molecule has 0 amide bonds. The van der Waals surface area contributed by atoms with Gasteiger partial charge in [0.1, 0.15) is 23.3 Å². The first kappa shape index (κ1) is 21.6. The fourth-order valence-electron chi connectivity index (χ4n) is 4.93. The molecule has 0 atom stereocenters. The number of nitrogens with zero attached hydrogens (tertiary/aromatic N) is 1. The van der Waals surface area contributed by atoms with E-state index >= 15 is 0 Å². The molecule has 29 heavy (non-hydrogen) atoms. The summed E-state index contributed by atoms with van der Waals surface area (Å²) >= 11 is 0. The quantitative estimate of drug-likeness (QED) is 0.492. The predicted molar refractivity (Wildman–Crippen MR) is 113 cm³/mol. The molecule has 2 aliphatic carbocycles. The first-order chi connectivity index (χ1) is 14.1. The fourth-order valence-corrected chi connectivity index (χ4v) is 4.93. The van der Waals surface area contributed by atoms with Crippen molar-refractivity contribution < 1.29 is 8.78 Å². The van der Waals surface area contributed by atoms with Gasteiger partial charge in [-0.1, -0.05) is 37.7 Å². The summed E-state index contributed by atoms with van der Waals surface area (Å²) in [6.07, 6.45) is 16.0. The van der Waals surface area contributed by atoms with Gasteiger partial charge in [0.15, 0.2) is 0 Å². The minimum absolute atomic E-state index is 0.152. The topological polar surface area (TPSA) is 23.8 Å². The molecule has 0 saturated heterocycles. The van der Waals surface area contributed by atoms with Crippen molar-refractivity contribution in [1.82, 2.24) is 0 Å². The fraction of sp³-hybridized carbons (Fsp3) is 0.577. The SMILES string of the molecule is CCCC1CCC(/C=C/C#CC2CCC(c3cc(F)c(C#N)c(F)c3)CC2)CC1. The average Bonchev–Trinajstić information content (AvgIpc) is 2.73. The summed E-state index contributed by atoms with van der Waals surface area (Å²) < 4.78 is 27.7. The number of halogens is 2. The molecule has 0 unspecified atom stereocenters. The average molecular weight is 396 g/mol. The Balaban J connectivity index is 1.46. The third-order valence-electron chi connectivity index (χ3n) is 6.70. The van der Waals surface area contributed by atoms with Crippen molar-refractivity contribution in [3.8, 4) is 17.9 Å². The zero-order chi connectivity index (χ0) is 20.6. The molecule has 0 radical (unpaired) electrons. The molecule has 0 aliphatic heterocycles. The largest absolute Gasteiger partial charge is 0.205 e. The highest BCUT2D eigenvalue weighted by Crippen LogP contribution is 2.36. The zero-order valence-corrected chi connectivity index (χ0v) is 17.4. The van der Waals surface area contributed by atoms with Crippen molar-refractivity contribution in [2.24, 2.45) is 17.8 Å². The van der Waals surface area contributed by atoms with Crippen LogP contribution in [-0.4, -0.2) is 0 Å². The highest BCUT2D eigenvalue weighted by Gasteiger charge is 2.23. The first-order valence-electron chi connectivity index (χ1n) is 11.2. The van der Waals surface area contributed by atoms with Gasteiger partial charge >= 0.3 is 0 Å². The van der Waals surface area contributed by atoms with Gasteiger partial charge in [0.2, 0.25) is 0 Å². The molecule has 1 aromatic carbocycles. The summed E-state index contributed by atoms with van der Waals surface area (Å²) in [4.78, 5) is 0. The second-order valence-electron chi connectivity index (χ2n) is 8.74. The van der Waals surface area contributed by atoms with Crippen LogP contribution in [0.25, 0.3) is 0 Å². The van der Waals surface area contributed by atoms with Crippen LogP contribution in [0.15, 0.2) is 24.3 Å². The van der Waals surface area contributed by atoms with Crippen LogP contribution in [0.4, 0.5) is 8.78 Å². The van der Waals surface area contributed by atoms with Gasteiger partial charge in [0.25, 0.3) is 0 Å². The molecule has 2 saturated carbocycles. The van der Waals surface area contributed by atoms with Crippen LogP contribution in [-0.2, 0) is 0 Å². The number of hydrogen-bond donors (Lipinski definition) is 0. The van der Waals surface area contributed by atoms with Gasteiger partial charge in [-0.15, -0.1) is 0 Å². The molecule has 3 rings (SSSR count). The van der Waals surface area contributed by atoms with E-state index in [1.807, 2.05) is 6.08 Å². The molecule has 154 valence electrons. The smallest absolute Gasteiger partial charge is 0.144 e. The van der Waals surface area contributed by atoms with Crippen LogP contribution in [0, 0.1) is 52.6 Å². The summed E-state index contributed by atoms with van der Waals surface area (Å²) in [6, 6.07) is 4.25. The molecule has 0 bridgehead atoms. The number of nitriles is 1. The summed E-state index contributed by atoms with van der Waals surface area (Å²) in [6.45, 7) is 2.27. The molecule has 0 heterocycles. The number of benzene rings is 1. The minimum atomic E-state index is -0.752. The molecular formula is C26H31F2N. The summed E-state index contributed by atoms with van der Waals surface area (Å²) in [5.74, 6) is 7.25. The van der Waals surface area contributed by atoms with E-state index in [0.29, 0.717) is 17.4 Å². The molecule has 1 nitrogen and oxygen atoms in total. The van der Waals surface area contributed by atoms with Crippen molar-refractivity contribution in [3.63, 3.8) is 0 Å². The van der Waals surface area contributed by atoms with Gasteiger partial charge in [0.05, 0.1) is 0 Å². The van der Waals surface area contributed by atoms with Gasteiger partial charge < -0.3 is 0 Å². The van der Waals surface area contributed by atoms with Gasteiger partial charge in [-0.2, -0.15) is 5.26 Å². The van der Waals surface area contributed by atoms with Crippen molar-refractivity contribution in [2.45, 2.75) is 77.0 Å². The van der Waals surface area contributed by atoms with Gasteiger partial charge in [-0.05, 0) is 92.9 Å². The highest BCUT2D eigenvalue weighted by atomic mass is 19.1. The summed E-state index contributed by atoms with van der Waals surface area (Å²) in [7, 11) is 0. The zero-order valence-electron chi connectivity index (χ0n) is 17.4. The van der Waals surface area contributed by atoms with Crippen molar-refractivity contribution in [3.05, 3.63) is 47.0 Å². The van der Waals surface area contributed by atoms with E-state index in [1.54, 1.807) is 6.07 Å². The Morgan fingerprint density at radius 1 is 1.00 bits per heavy atom. The van der Waals surface area contributed by atoms with E-state index in [-0.39, 0.29) is 5.92 Å². The third kappa shape index (κ3) is 5.93. The maximum Gasteiger partial charge on any atom is 0.144 e. The maximum atomic E-state index is 13.9. The number of rotatable bonds is 4. The second-order valence-corrected chi connectivity index (χ2v) is 8.74. The van der Waals surface area contributed by atoms with Gasteiger partial charge in [0, 0.05) is 5.92 Å². The van der Waals surface area contributed by atoms with E-state index in [9.17, 15) is 8.78 Å². The normalized spacial score (nSPS) is 27.2. The standard InChI is InChI=1S/C26H31F2N/c1-2-5-19-8-10-20(11-9-19)6-3-4-7-21-12-14-22(15-13-21)23-16-25(27)24(18-29)26(28)17-23/h3,6,16-17,19-22H,2,5,8-15H2,1H3/b6-3+. The van der Waals surface area contributed by atoms with Crippen molar-refractivity contribution in [1.29, 1.82) is 5.26 Å². The van der Waals surface area contributed by atoms with Crippen LogP contribution in [0.1, 0.15) is 88.2 Å². The Morgan fingerprint density at radius 2 is 1.66 bits per heavy atom. The molecule has 2 fully saturated rings. The Hall–Kier alpha value is -2.13. The van der Waals surface area contributed by atoms with Crippen molar-refractivity contribution >= 4 is 0 Å². The third-order valence-corrected chi connectivity index (χ3v) is 6.70. The second kappa shape index (κ2) is 10.6. The maximum absolute atomic E-state index is 13.9. The molecule has 0 spiro atoms. The van der Waals surface area contributed by atoms with Crippen LogP contribution in [0.5, 0.6) is 0 Å². The van der Waals surface area contributed by atoms with Crippen molar-refractivity contribution in [2.75, 3.05) is 0 Å². The summed E-state index contributed by atoms with van der Waals surface area (Å²) in [5.41, 5.74) is 0.183. The lowest BCUT2D eigenvalue weighted by molar-refractivity contribution is 0.294. The van der Waals surface area contributed by atoms with Crippen LogP contribution in [0.3, 0.4) is 0 Å². The Morgan fingerprint density at radius 3 is 2.24 bits per heavy atom. The molecule has 0 aromatic heterocycles. The van der Waals surface area contributed by atoms with Crippen LogP contribution >= 0.6 is 0 Å². The lowest BCUT2D eigenvalue weighted by Gasteiger charge is -2.26. The van der Waals surface area contributed by atoms with E-state index in [2.05, 4.69) is 24.8 Å². The molecular weight excluding hydrogens is 364 g/mol. The monoisotopic (exact) mass is 395 g/mol. The van der Waals surface area contributed by atoms with E-state index < -0.39 is 17.2 Å². The Kier molecular flexibility index (Phi) is 7.88. The van der Waals surface area contributed by atoms with Crippen LogP contribution < -0.4 is 0 Å². The van der Waals surface area contributed by atoms with Gasteiger partial charge in [-0.3, -0.25) is 0 Å². The number of allylic oxidation sites excluding steroid dienone is 2. The Labute approximate surface area is 174 Å².